The van der Waals surface area contributed by atoms with E-state index in [2.05, 4.69) is 6.92 Å². The Balaban J connectivity index is 1.62. The van der Waals surface area contributed by atoms with Crippen molar-refractivity contribution >= 4 is 0 Å². The Kier molecular flexibility index (Phi) is 5.69. The van der Waals surface area contributed by atoms with Crippen molar-refractivity contribution in [1.29, 1.82) is 0 Å². The predicted molar refractivity (Wildman–Crippen MR) is 95.6 cm³/mol. The SMILES string of the molecule is CC1CCC(c2ccc(CCc3ccc(C(F)(F)F)cc3)c(F)c2)CC1. The molecule has 2 aromatic carbocycles. The molecule has 0 aromatic heterocycles. The number of halogens is 4. The first-order valence-electron chi connectivity index (χ1n) is 9.27. The Bertz CT molecular complexity index is 723. The van der Waals surface area contributed by atoms with Gasteiger partial charge in [0.25, 0.3) is 0 Å². The second kappa shape index (κ2) is 7.81. The third kappa shape index (κ3) is 4.66. The summed E-state index contributed by atoms with van der Waals surface area (Å²) in [5.41, 5.74) is 1.83. The van der Waals surface area contributed by atoms with Gasteiger partial charge in [0.05, 0.1) is 5.56 Å². The molecule has 1 aliphatic rings. The van der Waals surface area contributed by atoms with Crippen molar-refractivity contribution in [1.82, 2.24) is 0 Å². The molecule has 3 rings (SSSR count). The smallest absolute Gasteiger partial charge is 0.207 e. The van der Waals surface area contributed by atoms with Gasteiger partial charge in [-0.3, -0.25) is 0 Å². The normalized spacial score (nSPS) is 21.0. The number of alkyl halides is 3. The fourth-order valence-corrected chi connectivity index (χ4v) is 3.75. The molecule has 0 N–H and O–H groups in total. The summed E-state index contributed by atoms with van der Waals surface area (Å²) < 4.78 is 52.2. The molecule has 1 aliphatic carbocycles. The number of hydrogen-bond donors (Lipinski definition) is 0. The van der Waals surface area contributed by atoms with Crippen LogP contribution in [0.2, 0.25) is 0 Å². The first kappa shape index (κ1) is 18.9. The maximum absolute atomic E-state index is 14.5. The standard InChI is InChI=1S/C22H24F4/c1-15-2-7-17(8-3-15)19-11-10-18(21(23)14-19)9-4-16-5-12-20(13-6-16)22(24,25)26/h5-6,10-15,17H,2-4,7-9H2,1H3. The van der Waals surface area contributed by atoms with Gasteiger partial charge in [-0.05, 0) is 72.4 Å². The van der Waals surface area contributed by atoms with Crippen molar-refractivity contribution in [3.05, 3.63) is 70.5 Å². The monoisotopic (exact) mass is 364 g/mol. The molecule has 0 atom stereocenters. The van der Waals surface area contributed by atoms with Gasteiger partial charge in [0.1, 0.15) is 5.82 Å². The maximum Gasteiger partial charge on any atom is 0.416 e. The Morgan fingerprint density at radius 3 is 2.12 bits per heavy atom. The largest absolute Gasteiger partial charge is 0.416 e. The Morgan fingerprint density at radius 1 is 0.885 bits per heavy atom. The third-order valence-electron chi connectivity index (χ3n) is 5.53. The van der Waals surface area contributed by atoms with Gasteiger partial charge < -0.3 is 0 Å². The van der Waals surface area contributed by atoms with Crippen LogP contribution in [0, 0.1) is 11.7 Å². The Hall–Kier alpha value is -1.84. The van der Waals surface area contributed by atoms with Crippen LogP contribution in [-0.2, 0) is 19.0 Å². The molecule has 0 unspecified atom stereocenters. The molecule has 140 valence electrons. The van der Waals surface area contributed by atoms with E-state index >= 15 is 0 Å². The summed E-state index contributed by atoms with van der Waals surface area (Å²) in [6, 6.07) is 10.6. The van der Waals surface area contributed by atoms with Gasteiger partial charge in [0.2, 0.25) is 0 Å². The fourth-order valence-electron chi connectivity index (χ4n) is 3.75. The zero-order chi connectivity index (χ0) is 18.7. The maximum atomic E-state index is 14.5. The second-order valence-electron chi connectivity index (χ2n) is 7.50. The predicted octanol–water partition coefficient (Wildman–Crippen LogP) is 6.92. The molecule has 0 heterocycles. The minimum Gasteiger partial charge on any atom is -0.207 e. The van der Waals surface area contributed by atoms with Crippen LogP contribution in [0.4, 0.5) is 17.6 Å². The van der Waals surface area contributed by atoms with Crippen molar-refractivity contribution in [2.45, 2.75) is 57.5 Å². The molecule has 0 aliphatic heterocycles. The first-order valence-corrected chi connectivity index (χ1v) is 9.27. The summed E-state index contributed by atoms with van der Waals surface area (Å²) in [7, 11) is 0. The molecule has 0 nitrogen and oxygen atoms in total. The molecular weight excluding hydrogens is 340 g/mol. The lowest BCUT2D eigenvalue weighted by Crippen LogP contribution is -2.11. The highest BCUT2D eigenvalue weighted by Gasteiger charge is 2.29. The molecule has 2 aromatic rings. The highest BCUT2D eigenvalue weighted by Crippen LogP contribution is 2.36. The highest BCUT2D eigenvalue weighted by atomic mass is 19.4. The van der Waals surface area contributed by atoms with Crippen LogP contribution in [0.5, 0.6) is 0 Å². The van der Waals surface area contributed by atoms with Crippen molar-refractivity contribution in [2.75, 3.05) is 0 Å². The van der Waals surface area contributed by atoms with Crippen LogP contribution in [-0.4, -0.2) is 0 Å². The van der Waals surface area contributed by atoms with E-state index in [1.165, 1.54) is 25.0 Å². The van der Waals surface area contributed by atoms with Gasteiger partial charge >= 0.3 is 6.18 Å². The van der Waals surface area contributed by atoms with Gasteiger partial charge in [-0.15, -0.1) is 0 Å². The van der Waals surface area contributed by atoms with E-state index < -0.39 is 11.7 Å². The van der Waals surface area contributed by atoms with Crippen LogP contribution < -0.4 is 0 Å². The summed E-state index contributed by atoms with van der Waals surface area (Å²) in [6.07, 6.45) is 1.31. The molecule has 0 amide bonds. The fraction of sp³-hybridized carbons (Fsp3) is 0.455. The van der Waals surface area contributed by atoms with Gasteiger partial charge in [-0.25, -0.2) is 4.39 Å². The van der Waals surface area contributed by atoms with E-state index in [0.29, 0.717) is 24.3 Å². The van der Waals surface area contributed by atoms with Gasteiger partial charge in [-0.2, -0.15) is 13.2 Å². The summed E-state index contributed by atoms with van der Waals surface area (Å²) in [5.74, 6) is 1.01. The second-order valence-corrected chi connectivity index (χ2v) is 7.50. The minimum atomic E-state index is -4.32. The minimum absolute atomic E-state index is 0.201. The molecule has 1 fully saturated rings. The van der Waals surface area contributed by atoms with E-state index in [9.17, 15) is 17.6 Å². The zero-order valence-corrected chi connectivity index (χ0v) is 15.0. The van der Waals surface area contributed by atoms with Gasteiger partial charge in [-0.1, -0.05) is 44.0 Å². The van der Waals surface area contributed by atoms with Crippen molar-refractivity contribution in [2.24, 2.45) is 5.92 Å². The number of aryl methyl sites for hydroxylation is 2. The van der Waals surface area contributed by atoms with E-state index in [1.807, 2.05) is 12.1 Å². The molecule has 0 radical (unpaired) electrons. The Labute approximate surface area is 152 Å². The summed E-state index contributed by atoms with van der Waals surface area (Å²) >= 11 is 0. The molecule has 0 saturated heterocycles. The average molecular weight is 364 g/mol. The molecule has 1 saturated carbocycles. The first-order chi connectivity index (χ1) is 12.3. The van der Waals surface area contributed by atoms with Crippen molar-refractivity contribution in [3.63, 3.8) is 0 Å². The molecule has 4 heteroatoms. The summed E-state index contributed by atoms with van der Waals surface area (Å²) in [5, 5.41) is 0. The van der Waals surface area contributed by atoms with Crippen LogP contribution >= 0.6 is 0 Å². The van der Waals surface area contributed by atoms with Crippen molar-refractivity contribution in [3.8, 4) is 0 Å². The third-order valence-corrected chi connectivity index (χ3v) is 5.53. The lowest BCUT2D eigenvalue weighted by molar-refractivity contribution is -0.137. The molecule has 0 bridgehead atoms. The summed E-state index contributed by atoms with van der Waals surface area (Å²) in [4.78, 5) is 0. The van der Waals surface area contributed by atoms with Crippen LogP contribution in [0.25, 0.3) is 0 Å². The zero-order valence-electron chi connectivity index (χ0n) is 15.0. The highest BCUT2D eigenvalue weighted by molar-refractivity contribution is 5.29. The van der Waals surface area contributed by atoms with E-state index in [-0.39, 0.29) is 5.82 Å². The average Bonchev–Trinajstić information content (AvgIpc) is 2.61. The molecule has 0 spiro atoms. The van der Waals surface area contributed by atoms with Gasteiger partial charge in [0.15, 0.2) is 0 Å². The van der Waals surface area contributed by atoms with E-state index in [0.717, 1.165) is 42.0 Å². The van der Waals surface area contributed by atoms with Gasteiger partial charge in [0, 0.05) is 0 Å². The molecular formula is C22H24F4. The van der Waals surface area contributed by atoms with Crippen LogP contribution in [0.3, 0.4) is 0 Å². The lowest BCUT2D eigenvalue weighted by atomic mass is 9.79. The lowest BCUT2D eigenvalue weighted by Gasteiger charge is -2.26. The number of benzene rings is 2. The van der Waals surface area contributed by atoms with Crippen LogP contribution in [0.1, 0.15) is 60.8 Å². The number of rotatable bonds is 4. The van der Waals surface area contributed by atoms with Crippen molar-refractivity contribution < 1.29 is 17.6 Å². The summed E-state index contributed by atoms with van der Waals surface area (Å²) in [6.45, 7) is 2.27. The Morgan fingerprint density at radius 2 is 1.54 bits per heavy atom. The van der Waals surface area contributed by atoms with E-state index in [1.54, 1.807) is 6.07 Å². The number of hydrogen-bond acceptors (Lipinski definition) is 0. The quantitative estimate of drug-likeness (QED) is 0.516. The molecule has 26 heavy (non-hydrogen) atoms. The van der Waals surface area contributed by atoms with E-state index in [4.69, 9.17) is 0 Å². The van der Waals surface area contributed by atoms with Crippen LogP contribution in [0.15, 0.2) is 42.5 Å². The topological polar surface area (TPSA) is 0 Å².